The van der Waals surface area contributed by atoms with Crippen molar-refractivity contribution in [2.24, 2.45) is 0 Å². The molecule has 1 N–H and O–H groups in total. The van der Waals surface area contributed by atoms with E-state index in [1.807, 2.05) is 42.5 Å². The van der Waals surface area contributed by atoms with Gasteiger partial charge in [-0.3, -0.25) is 4.79 Å². The highest BCUT2D eigenvalue weighted by atomic mass is 79.9. The summed E-state index contributed by atoms with van der Waals surface area (Å²) in [5, 5.41) is 20.7. The molecule has 0 saturated heterocycles. The molecule has 1 amide bonds. The third-order valence-electron chi connectivity index (χ3n) is 4.28. The maximum absolute atomic E-state index is 12.5. The van der Waals surface area contributed by atoms with Crippen molar-refractivity contribution in [3.05, 3.63) is 94.0 Å². The molecule has 0 radical (unpaired) electrons. The molecule has 0 unspecified atom stereocenters. The second kappa shape index (κ2) is 11.4. The average Bonchev–Trinajstić information content (AvgIpc) is 2.82. The second-order valence-electron chi connectivity index (χ2n) is 6.56. The number of amides is 1. The predicted octanol–water partition coefficient (Wildman–Crippen LogP) is 5.48. The monoisotopic (exact) mass is 487 g/mol. The van der Waals surface area contributed by atoms with Crippen molar-refractivity contribution in [2.45, 2.75) is 6.61 Å². The molecule has 3 rings (SSSR count). The Hall–Kier alpha value is -4.07. The Morgan fingerprint density at radius 2 is 1.75 bits per heavy atom. The third kappa shape index (κ3) is 6.46. The van der Waals surface area contributed by atoms with Gasteiger partial charge in [-0.1, -0.05) is 36.4 Å². The van der Waals surface area contributed by atoms with Crippen molar-refractivity contribution < 1.29 is 14.3 Å². The number of benzene rings is 3. The quantitative estimate of drug-likeness (QED) is 0.335. The highest BCUT2D eigenvalue weighted by Gasteiger charge is 2.11. The lowest BCUT2D eigenvalue weighted by Crippen LogP contribution is -2.13. The van der Waals surface area contributed by atoms with Gasteiger partial charge in [0.15, 0.2) is 6.61 Å². The van der Waals surface area contributed by atoms with Gasteiger partial charge in [0.1, 0.15) is 35.8 Å². The van der Waals surface area contributed by atoms with Crippen LogP contribution < -0.4 is 14.8 Å². The number of anilines is 1. The fourth-order valence-electron chi connectivity index (χ4n) is 2.72. The molecule has 6 nitrogen and oxygen atoms in total. The van der Waals surface area contributed by atoms with Gasteiger partial charge in [0, 0.05) is 5.69 Å². The van der Waals surface area contributed by atoms with E-state index >= 15 is 0 Å². The van der Waals surface area contributed by atoms with Crippen molar-refractivity contribution in [3.8, 4) is 23.6 Å². The van der Waals surface area contributed by atoms with E-state index in [2.05, 4.69) is 21.2 Å². The lowest BCUT2D eigenvalue weighted by atomic mass is 10.1. The average molecular weight is 488 g/mol. The molecule has 7 heteroatoms. The Kier molecular flexibility index (Phi) is 8.02. The van der Waals surface area contributed by atoms with Crippen LogP contribution in [0.2, 0.25) is 0 Å². The molecule has 0 fully saturated rings. The normalized spacial score (nSPS) is 10.5. The van der Waals surface area contributed by atoms with E-state index < -0.39 is 5.91 Å². The summed E-state index contributed by atoms with van der Waals surface area (Å²) in [4.78, 5) is 12.5. The molecule has 0 spiro atoms. The molecular formula is C25H18BrN3O3. The van der Waals surface area contributed by atoms with Gasteiger partial charge in [-0.25, -0.2) is 0 Å². The van der Waals surface area contributed by atoms with Crippen molar-refractivity contribution in [1.82, 2.24) is 0 Å². The van der Waals surface area contributed by atoms with E-state index in [-0.39, 0.29) is 12.2 Å². The molecule has 0 aliphatic rings. The van der Waals surface area contributed by atoms with Gasteiger partial charge in [-0.2, -0.15) is 10.5 Å². The summed E-state index contributed by atoms with van der Waals surface area (Å²) in [5.41, 5.74) is 2.19. The number of halogens is 1. The van der Waals surface area contributed by atoms with E-state index in [1.54, 1.807) is 42.5 Å². The molecule has 32 heavy (non-hydrogen) atoms. The number of nitrogens with zero attached hydrogens (tertiary/aromatic N) is 2. The van der Waals surface area contributed by atoms with Crippen LogP contribution in [-0.2, 0) is 11.4 Å². The van der Waals surface area contributed by atoms with E-state index in [4.69, 9.17) is 14.7 Å². The zero-order chi connectivity index (χ0) is 22.8. The summed E-state index contributed by atoms with van der Waals surface area (Å²) in [5.74, 6) is 0.652. The van der Waals surface area contributed by atoms with Crippen LogP contribution in [0.25, 0.3) is 6.08 Å². The van der Waals surface area contributed by atoms with Gasteiger partial charge in [0.2, 0.25) is 0 Å². The van der Waals surface area contributed by atoms with Crippen molar-refractivity contribution in [3.63, 3.8) is 0 Å². The first-order chi connectivity index (χ1) is 15.6. The minimum Gasteiger partial charge on any atom is -0.489 e. The van der Waals surface area contributed by atoms with Crippen LogP contribution in [0.15, 0.2) is 82.8 Å². The van der Waals surface area contributed by atoms with Crippen LogP contribution in [0.4, 0.5) is 5.69 Å². The fraction of sp³-hybridized carbons (Fsp3) is 0.0800. The van der Waals surface area contributed by atoms with E-state index in [0.29, 0.717) is 33.8 Å². The Bertz CT molecular complexity index is 1190. The Morgan fingerprint density at radius 1 is 1.00 bits per heavy atom. The Morgan fingerprint density at radius 3 is 2.41 bits per heavy atom. The summed E-state index contributed by atoms with van der Waals surface area (Å²) >= 11 is 3.36. The molecule has 3 aromatic rings. The molecule has 0 aromatic heterocycles. The minimum atomic E-state index is -0.522. The van der Waals surface area contributed by atoms with E-state index in [1.165, 1.54) is 6.08 Å². The lowest BCUT2D eigenvalue weighted by Gasteiger charge is -2.09. The molecule has 3 aromatic carbocycles. The summed E-state index contributed by atoms with van der Waals surface area (Å²) in [6.45, 7) is 0.374. The first kappa shape index (κ1) is 22.6. The second-order valence-corrected chi connectivity index (χ2v) is 7.41. The molecule has 0 heterocycles. The molecule has 0 aliphatic heterocycles. The predicted molar refractivity (Wildman–Crippen MR) is 125 cm³/mol. The van der Waals surface area contributed by atoms with Gasteiger partial charge in [0.25, 0.3) is 5.91 Å². The smallest absolute Gasteiger partial charge is 0.266 e. The van der Waals surface area contributed by atoms with Crippen molar-refractivity contribution >= 4 is 33.6 Å². The van der Waals surface area contributed by atoms with Crippen LogP contribution in [0.1, 0.15) is 11.1 Å². The first-order valence-corrected chi connectivity index (χ1v) is 10.4. The molecule has 0 aliphatic carbocycles. The molecular weight excluding hydrogens is 470 g/mol. The summed E-state index contributed by atoms with van der Waals surface area (Å²) in [6, 6.07) is 25.6. The summed E-state index contributed by atoms with van der Waals surface area (Å²) in [7, 11) is 0. The maximum Gasteiger partial charge on any atom is 0.266 e. The number of nitrogens with one attached hydrogen (secondary N) is 1. The highest BCUT2D eigenvalue weighted by molar-refractivity contribution is 9.10. The first-order valence-electron chi connectivity index (χ1n) is 9.58. The molecule has 0 saturated carbocycles. The zero-order valence-corrected chi connectivity index (χ0v) is 18.5. The molecule has 0 bridgehead atoms. The van der Waals surface area contributed by atoms with Gasteiger partial charge in [0.05, 0.1) is 4.47 Å². The van der Waals surface area contributed by atoms with Crippen LogP contribution in [0, 0.1) is 22.7 Å². The SMILES string of the molecule is N#CCOc1ccc(/C=C(\C#N)C(=O)Nc2ccc(OCc3ccccc3)cc2)cc1Br. The topological polar surface area (TPSA) is 95.1 Å². The van der Waals surface area contributed by atoms with Crippen LogP contribution in [0.3, 0.4) is 0 Å². The van der Waals surface area contributed by atoms with Crippen LogP contribution in [-0.4, -0.2) is 12.5 Å². The minimum absolute atomic E-state index is 0.0491. The zero-order valence-electron chi connectivity index (χ0n) is 16.9. The van der Waals surface area contributed by atoms with Crippen LogP contribution in [0.5, 0.6) is 11.5 Å². The number of rotatable bonds is 8. The summed E-state index contributed by atoms with van der Waals surface area (Å²) in [6.07, 6.45) is 1.48. The lowest BCUT2D eigenvalue weighted by molar-refractivity contribution is -0.112. The van der Waals surface area contributed by atoms with Gasteiger partial charge in [-0.15, -0.1) is 0 Å². The highest BCUT2D eigenvalue weighted by Crippen LogP contribution is 2.27. The van der Waals surface area contributed by atoms with Gasteiger partial charge >= 0.3 is 0 Å². The number of carbonyl (C=O) groups is 1. The number of carbonyl (C=O) groups excluding carboxylic acids is 1. The van der Waals surface area contributed by atoms with E-state index in [0.717, 1.165) is 5.56 Å². The number of hydrogen-bond donors (Lipinski definition) is 1. The number of hydrogen-bond acceptors (Lipinski definition) is 5. The third-order valence-corrected chi connectivity index (χ3v) is 4.90. The van der Waals surface area contributed by atoms with E-state index in [9.17, 15) is 10.1 Å². The Balaban J connectivity index is 1.62. The molecule has 0 atom stereocenters. The fourth-order valence-corrected chi connectivity index (χ4v) is 3.23. The maximum atomic E-state index is 12.5. The standard InChI is InChI=1S/C25H18BrN3O3/c26-23-15-19(6-11-24(23)31-13-12-27)14-20(16-28)25(30)29-21-7-9-22(10-8-21)32-17-18-4-2-1-3-5-18/h1-11,14-15H,13,17H2,(H,29,30)/b20-14+. The number of ether oxygens (including phenoxy) is 2. The largest absolute Gasteiger partial charge is 0.489 e. The van der Waals surface area contributed by atoms with Gasteiger partial charge in [-0.05, 0) is 69.5 Å². The van der Waals surface area contributed by atoms with Crippen LogP contribution >= 0.6 is 15.9 Å². The number of nitriles is 2. The summed E-state index contributed by atoms with van der Waals surface area (Å²) < 4.78 is 11.6. The van der Waals surface area contributed by atoms with Gasteiger partial charge < -0.3 is 14.8 Å². The van der Waals surface area contributed by atoms with Crippen molar-refractivity contribution in [1.29, 1.82) is 10.5 Å². The Labute approximate surface area is 194 Å². The van der Waals surface area contributed by atoms with Crippen molar-refractivity contribution in [2.75, 3.05) is 11.9 Å². The molecule has 158 valence electrons.